The predicted octanol–water partition coefficient (Wildman–Crippen LogP) is 1.62. The van der Waals surface area contributed by atoms with Gasteiger partial charge in [0.2, 0.25) is 11.8 Å². The average molecular weight is 292 g/mol. The Hall–Kier alpha value is -1.85. The molecule has 6 nitrogen and oxygen atoms in total. The maximum atomic E-state index is 12.4. The highest BCUT2D eigenvalue weighted by Crippen LogP contribution is 2.25. The van der Waals surface area contributed by atoms with Gasteiger partial charge in [0.15, 0.2) is 0 Å². The summed E-state index contributed by atoms with van der Waals surface area (Å²) in [6.07, 6.45) is 2.97. The molecule has 2 rings (SSSR count). The number of carbonyl (C=O) groups is 2. The third-order valence-electron chi connectivity index (χ3n) is 3.76. The number of fused-ring (bicyclic) bond motifs is 1. The molecule has 1 unspecified atom stereocenters. The zero-order valence-electron chi connectivity index (χ0n) is 13.1. The number of nitrogens with zero attached hydrogens (tertiary/aromatic N) is 3. The molecule has 0 saturated carbocycles. The number of unbranched alkanes of at least 4 members (excludes halogenated alkanes) is 1. The summed E-state index contributed by atoms with van der Waals surface area (Å²) >= 11 is 0. The van der Waals surface area contributed by atoms with E-state index in [0.29, 0.717) is 25.9 Å². The van der Waals surface area contributed by atoms with Crippen LogP contribution in [0.5, 0.6) is 0 Å². The molecule has 1 N–H and O–H groups in total. The minimum absolute atomic E-state index is 0.000100. The van der Waals surface area contributed by atoms with Gasteiger partial charge in [-0.05, 0) is 19.8 Å². The molecule has 21 heavy (non-hydrogen) atoms. The first-order valence-corrected chi connectivity index (χ1v) is 7.72. The molecule has 1 aromatic heterocycles. The number of aryl methyl sites for hydroxylation is 2. The highest BCUT2D eigenvalue weighted by molar-refractivity contribution is 6.00. The van der Waals surface area contributed by atoms with Gasteiger partial charge in [0.05, 0.1) is 12.2 Å². The molecule has 0 bridgehead atoms. The second-order valence-corrected chi connectivity index (χ2v) is 5.45. The fourth-order valence-electron chi connectivity index (χ4n) is 2.66. The van der Waals surface area contributed by atoms with E-state index >= 15 is 0 Å². The van der Waals surface area contributed by atoms with Crippen molar-refractivity contribution in [3.8, 4) is 0 Å². The van der Waals surface area contributed by atoms with Gasteiger partial charge in [-0.3, -0.25) is 14.5 Å². The van der Waals surface area contributed by atoms with E-state index in [4.69, 9.17) is 0 Å². The Bertz CT molecular complexity index is 524. The highest BCUT2D eigenvalue weighted by atomic mass is 16.2. The monoisotopic (exact) mass is 292 g/mol. The number of amides is 2. The normalized spacial score (nSPS) is 15.8. The summed E-state index contributed by atoms with van der Waals surface area (Å²) in [4.78, 5) is 26.3. The van der Waals surface area contributed by atoms with Crippen LogP contribution < -0.4 is 10.2 Å². The molecule has 0 fully saturated rings. The number of rotatable bonds is 6. The summed E-state index contributed by atoms with van der Waals surface area (Å²) in [5, 5.41) is 7.31. The van der Waals surface area contributed by atoms with E-state index in [1.165, 1.54) is 0 Å². The Labute approximate surface area is 125 Å². The van der Waals surface area contributed by atoms with Crippen LogP contribution in [0, 0.1) is 6.92 Å². The number of hydrogen-bond donors (Lipinski definition) is 1. The van der Waals surface area contributed by atoms with E-state index in [2.05, 4.69) is 17.3 Å². The second-order valence-electron chi connectivity index (χ2n) is 5.45. The Morgan fingerprint density at radius 1 is 1.48 bits per heavy atom. The van der Waals surface area contributed by atoms with Crippen LogP contribution in [0.3, 0.4) is 0 Å². The number of aromatic nitrogens is 2. The molecule has 116 valence electrons. The van der Waals surface area contributed by atoms with Crippen molar-refractivity contribution >= 4 is 17.6 Å². The Morgan fingerprint density at radius 3 is 2.90 bits per heavy atom. The molecule has 6 heteroatoms. The van der Waals surface area contributed by atoms with Crippen LogP contribution in [0.15, 0.2) is 6.07 Å². The summed E-state index contributed by atoms with van der Waals surface area (Å²) < 4.78 is 1.82. The molecule has 1 aromatic rings. The first-order valence-electron chi connectivity index (χ1n) is 7.72. The van der Waals surface area contributed by atoms with Gasteiger partial charge in [-0.25, -0.2) is 4.68 Å². The van der Waals surface area contributed by atoms with E-state index in [0.717, 1.165) is 24.4 Å². The first-order chi connectivity index (χ1) is 10.1. The Kier molecular flexibility index (Phi) is 4.98. The summed E-state index contributed by atoms with van der Waals surface area (Å²) in [5.74, 6) is 0.660. The van der Waals surface area contributed by atoms with Gasteiger partial charge in [0.25, 0.3) is 0 Å². The lowest BCUT2D eigenvalue weighted by atomic mass is 10.1. The van der Waals surface area contributed by atoms with Crippen molar-refractivity contribution in [2.24, 2.45) is 0 Å². The average Bonchev–Trinajstić information content (AvgIpc) is 2.83. The predicted molar refractivity (Wildman–Crippen MR) is 81.1 cm³/mol. The van der Waals surface area contributed by atoms with Crippen molar-refractivity contribution in [3.05, 3.63) is 11.8 Å². The van der Waals surface area contributed by atoms with Gasteiger partial charge in [-0.1, -0.05) is 20.3 Å². The van der Waals surface area contributed by atoms with Gasteiger partial charge in [-0.2, -0.15) is 5.10 Å². The topological polar surface area (TPSA) is 67.2 Å². The van der Waals surface area contributed by atoms with E-state index < -0.39 is 6.04 Å². The van der Waals surface area contributed by atoms with Crippen molar-refractivity contribution in [1.29, 1.82) is 0 Å². The minimum Gasteiger partial charge on any atom is -0.354 e. The molecule has 2 heterocycles. The molecule has 1 aliphatic heterocycles. The van der Waals surface area contributed by atoms with Crippen LogP contribution in [-0.2, 0) is 16.1 Å². The van der Waals surface area contributed by atoms with Crippen LogP contribution in [0.1, 0.15) is 45.2 Å². The Balaban J connectivity index is 2.20. The molecule has 0 aliphatic carbocycles. The zero-order chi connectivity index (χ0) is 15.4. The fraction of sp³-hybridized carbons (Fsp3) is 0.667. The van der Waals surface area contributed by atoms with E-state index in [-0.39, 0.29) is 11.8 Å². The maximum Gasteiger partial charge on any atom is 0.243 e. The highest BCUT2D eigenvalue weighted by Gasteiger charge is 2.34. The maximum absolute atomic E-state index is 12.4. The third-order valence-corrected chi connectivity index (χ3v) is 3.76. The second kappa shape index (κ2) is 6.74. The molecule has 0 saturated heterocycles. The molecular weight excluding hydrogens is 268 g/mol. The summed E-state index contributed by atoms with van der Waals surface area (Å²) in [6, 6.07) is 1.42. The lowest BCUT2D eigenvalue weighted by Gasteiger charge is -2.33. The van der Waals surface area contributed by atoms with Crippen molar-refractivity contribution in [1.82, 2.24) is 15.1 Å². The molecule has 0 spiro atoms. The summed E-state index contributed by atoms with van der Waals surface area (Å²) in [5.41, 5.74) is 0.867. The first kappa shape index (κ1) is 15.5. The molecule has 2 amide bonds. The van der Waals surface area contributed by atoms with Gasteiger partial charge < -0.3 is 5.32 Å². The van der Waals surface area contributed by atoms with Crippen LogP contribution in [0.25, 0.3) is 0 Å². The van der Waals surface area contributed by atoms with Crippen LogP contribution in [-0.4, -0.2) is 34.2 Å². The SMILES string of the molecule is CCCCNC(=O)C(CC)N1C(=O)CCn2nc(C)cc21. The van der Waals surface area contributed by atoms with E-state index in [9.17, 15) is 9.59 Å². The van der Waals surface area contributed by atoms with Gasteiger partial charge in [-0.15, -0.1) is 0 Å². The van der Waals surface area contributed by atoms with Crippen LogP contribution in [0.2, 0.25) is 0 Å². The largest absolute Gasteiger partial charge is 0.354 e. The van der Waals surface area contributed by atoms with E-state index in [1.54, 1.807) is 4.90 Å². The zero-order valence-corrected chi connectivity index (χ0v) is 13.1. The van der Waals surface area contributed by atoms with Crippen molar-refractivity contribution in [3.63, 3.8) is 0 Å². The minimum atomic E-state index is -0.454. The van der Waals surface area contributed by atoms with Gasteiger partial charge in [0.1, 0.15) is 11.9 Å². The number of carbonyl (C=O) groups excluding carboxylic acids is 2. The smallest absolute Gasteiger partial charge is 0.243 e. The van der Waals surface area contributed by atoms with E-state index in [1.807, 2.05) is 24.6 Å². The van der Waals surface area contributed by atoms with Crippen LogP contribution in [0.4, 0.5) is 5.82 Å². The van der Waals surface area contributed by atoms with Gasteiger partial charge in [0, 0.05) is 19.0 Å². The molecular formula is C15H24N4O2. The number of nitrogens with one attached hydrogen (secondary N) is 1. The van der Waals surface area contributed by atoms with Crippen LogP contribution >= 0.6 is 0 Å². The lowest BCUT2D eigenvalue weighted by Crippen LogP contribution is -2.52. The molecule has 0 radical (unpaired) electrons. The van der Waals surface area contributed by atoms with Crippen molar-refractivity contribution < 1.29 is 9.59 Å². The summed E-state index contributed by atoms with van der Waals surface area (Å²) in [7, 11) is 0. The number of anilines is 1. The fourth-order valence-corrected chi connectivity index (χ4v) is 2.66. The third kappa shape index (κ3) is 3.25. The molecule has 1 aliphatic rings. The Morgan fingerprint density at radius 2 is 2.24 bits per heavy atom. The van der Waals surface area contributed by atoms with Crippen molar-refractivity contribution in [2.45, 2.75) is 59.0 Å². The van der Waals surface area contributed by atoms with Gasteiger partial charge >= 0.3 is 0 Å². The summed E-state index contributed by atoms with van der Waals surface area (Å²) in [6.45, 7) is 7.16. The standard InChI is InChI=1S/C15H24N4O2/c1-4-6-8-16-15(21)12(5-2)19-13-10-11(3)17-18(13)9-7-14(19)20/h10,12H,4-9H2,1-3H3,(H,16,21). The molecule has 1 atom stereocenters. The number of hydrogen-bond acceptors (Lipinski definition) is 3. The lowest BCUT2D eigenvalue weighted by molar-refractivity contribution is -0.127. The molecule has 0 aromatic carbocycles. The van der Waals surface area contributed by atoms with Crippen molar-refractivity contribution in [2.75, 3.05) is 11.4 Å². The quantitative estimate of drug-likeness (QED) is 0.810.